The molecule has 4 heterocycles. The van der Waals surface area contributed by atoms with E-state index < -0.39 is 60.2 Å². The molecule has 434 valence electrons. The van der Waals surface area contributed by atoms with Crippen LogP contribution < -0.4 is 21.3 Å². The van der Waals surface area contributed by atoms with Crippen LogP contribution in [0.1, 0.15) is 169 Å². The van der Waals surface area contributed by atoms with Crippen LogP contribution in [0.15, 0.2) is 48.5 Å². The molecule has 21 heteroatoms. The summed E-state index contributed by atoms with van der Waals surface area (Å²) in [4.78, 5) is 105. The Bertz CT molecular complexity index is 2450. The van der Waals surface area contributed by atoms with Crippen LogP contribution in [0.25, 0.3) is 0 Å². The lowest BCUT2D eigenvalue weighted by Gasteiger charge is -2.33. The maximum absolute atomic E-state index is 13.7. The second-order valence-corrected chi connectivity index (χ2v) is 23.6. The summed E-state index contributed by atoms with van der Waals surface area (Å²) in [5.74, 6) is 0.336. The number of aryl methyl sites for hydroxylation is 2. The summed E-state index contributed by atoms with van der Waals surface area (Å²) < 4.78 is 42.8. The molecule has 4 fully saturated rings. The molecule has 2 aromatic rings. The average molecular weight is 1130 g/mol. The number of ether oxygens (including phenoxy) is 1. The van der Waals surface area contributed by atoms with Crippen LogP contribution in [0.4, 0.5) is 18.0 Å². The van der Waals surface area contributed by atoms with Crippen LogP contribution in [0, 0.1) is 5.92 Å². The summed E-state index contributed by atoms with van der Waals surface area (Å²) in [6.45, 7) is 14.7. The van der Waals surface area contributed by atoms with Gasteiger partial charge in [0, 0.05) is 13.0 Å². The molecule has 7 amide bonds. The van der Waals surface area contributed by atoms with E-state index in [1.807, 2.05) is 52.0 Å². The highest BCUT2D eigenvalue weighted by Gasteiger charge is 2.48. The SMILES string of the molecule is C.CC.CC[C@@H](C)C(=O)N[C@H]1CCS[C@H]2CC[C@H](C(=O)N[C@@H]3CCCc4ccccc43)N2C1=O.C[C@@H](C(=O)N[C@H]1CCS[C@H]2CC[C@H](C(=O)N[C@@H]3CCCc4ccccc43)N2C1=O)N(C)C(=O)OC(C)(C)C.[2H]C(=O)C(F)(F)F. The zero-order valence-electron chi connectivity index (χ0n) is 47.0. The zero-order valence-corrected chi connectivity index (χ0v) is 47.6. The Kier molecular flexibility index (Phi) is 24.2. The van der Waals surface area contributed by atoms with Crippen LogP contribution in [0.2, 0.25) is 0 Å². The maximum Gasteiger partial charge on any atom is 0.446 e. The molecule has 0 radical (unpaired) electrons. The second-order valence-electron chi connectivity index (χ2n) is 21.0. The third-order valence-electron chi connectivity index (χ3n) is 14.6. The number of hydrogen-bond donors (Lipinski definition) is 4. The third-order valence-corrected chi connectivity index (χ3v) is 17.3. The van der Waals surface area contributed by atoms with E-state index in [9.17, 15) is 46.7 Å². The lowest BCUT2D eigenvalue weighted by molar-refractivity contribution is -0.156. The lowest BCUT2D eigenvalue weighted by Crippen LogP contribution is -2.57. The number of alkyl halides is 3. The first kappa shape index (κ1) is 63.5. The van der Waals surface area contributed by atoms with Crippen molar-refractivity contribution in [1.29, 1.82) is 0 Å². The maximum atomic E-state index is 13.7. The van der Waals surface area contributed by atoms with E-state index in [4.69, 9.17) is 10.9 Å². The van der Waals surface area contributed by atoms with Gasteiger partial charge in [-0.1, -0.05) is 83.7 Å². The number of fused-ring (bicyclic) bond motifs is 4. The molecule has 2 aromatic carbocycles. The molecule has 4 saturated heterocycles. The molecule has 0 aromatic heterocycles. The molecule has 16 nitrogen and oxygen atoms in total. The quantitative estimate of drug-likeness (QED) is 0.165. The van der Waals surface area contributed by atoms with Gasteiger partial charge in [0.2, 0.25) is 41.7 Å². The summed E-state index contributed by atoms with van der Waals surface area (Å²) in [6.07, 6.45) is 2.50. The Morgan fingerprint density at radius 2 is 1.12 bits per heavy atom. The van der Waals surface area contributed by atoms with Crippen molar-refractivity contribution >= 4 is 71.3 Å². The standard InChI is InChI=1S/C28H40N4O5S.C24H33N3O3S.C2HF3O.C2H6.CH4/c1-17(31(5)27(36)37-28(2,3)4)24(33)30-21-15-16-38-23-14-13-22(32(23)26(21)35)25(34)29-20-12-8-10-18-9-6-7-11-19(18)20;1-3-15(2)22(28)26-19-13-14-31-21-12-11-20(27(21)24(19)30)23(29)25-18-10-6-8-16-7-4-5-9-17(16)18;3-2(4,5)1-6;1-2;/h6-7,9,11,17,20-23H,8,10,12-16H2,1-5H3,(H,29,34)(H,30,33);4-5,7,9,15,18-21H,3,6,8,10-14H2,1-2H3,(H,25,29)(H,26,28);1H;1-2H3;1H4/t17-,20+,21-,22+,23-;15-,18-,19+,20-,21+;;;/m01.../s1/i;;1D;;. The van der Waals surface area contributed by atoms with Crippen LogP contribution in [-0.4, -0.2) is 134 Å². The fourth-order valence-corrected chi connectivity index (χ4v) is 13.0. The van der Waals surface area contributed by atoms with Gasteiger partial charge in [0.25, 0.3) is 0 Å². The number of likely N-dealkylation sites (N-methyl/N-ethyl adjacent to an activating group) is 1. The van der Waals surface area contributed by atoms with E-state index in [1.54, 1.807) is 61.0 Å². The van der Waals surface area contributed by atoms with Gasteiger partial charge >= 0.3 is 12.3 Å². The number of benzene rings is 2. The zero-order chi connectivity index (χ0) is 57.6. The number of nitrogens with one attached hydrogen (secondary N) is 4. The fraction of sp³-hybridized carbons (Fsp3) is 0.649. The first-order valence-corrected chi connectivity index (χ1v) is 29.3. The Morgan fingerprint density at radius 3 is 1.51 bits per heavy atom. The molecule has 78 heavy (non-hydrogen) atoms. The summed E-state index contributed by atoms with van der Waals surface area (Å²) >= 11 is 3.39. The molecule has 0 saturated carbocycles. The number of carbonyl (C=O) groups excluding carboxylic acids is 8. The first-order valence-electron chi connectivity index (χ1n) is 27.7. The van der Waals surface area contributed by atoms with Gasteiger partial charge in [-0.05, 0) is 145 Å². The number of aldehydes is 1. The van der Waals surface area contributed by atoms with Crippen LogP contribution in [0.3, 0.4) is 0 Å². The highest BCUT2D eigenvalue weighted by atomic mass is 32.2. The molecular formula is C57H84F3N7O9S2. The average Bonchev–Trinajstić information content (AvgIpc) is 4.03. The second kappa shape index (κ2) is 29.8. The number of rotatable bonds is 10. The van der Waals surface area contributed by atoms with Crippen LogP contribution in [0.5, 0.6) is 0 Å². The van der Waals surface area contributed by atoms with Gasteiger partial charge < -0.3 is 35.8 Å². The number of amides is 7. The predicted octanol–water partition coefficient (Wildman–Crippen LogP) is 8.95. The van der Waals surface area contributed by atoms with Crippen LogP contribution >= 0.6 is 23.5 Å². The molecule has 0 unspecified atom stereocenters. The molecule has 4 aliphatic heterocycles. The number of nitrogens with zero attached hydrogens (tertiary/aromatic N) is 3. The van der Waals surface area contributed by atoms with E-state index in [0.717, 1.165) is 69.1 Å². The van der Waals surface area contributed by atoms with Crippen molar-refractivity contribution in [3.05, 3.63) is 70.8 Å². The minimum absolute atomic E-state index is 0. The first-order chi connectivity index (χ1) is 36.9. The van der Waals surface area contributed by atoms with Gasteiger partial charge in [-0.15, -0.1) is 23.5 Å². The summed E-state index contributed by atoms with van der Waals surface area (Å²) in [5, 5.41) is 12.2. The number of thioether (sulfide) groups is 2. The van der Waals surface area contributed by atoms with Crippen molar-refractivity contribution in [3.63, 3.8) is 0 Å². The highest BCUT2D eigenvalue weighted by Crippen LogP contribution is 2.39. The summed E-state index contributed by atoms with van der Waals surface area (Å²) in [7, 11) is 1.50. The van der Waals surface area contributed by atoms with Gasteiger partial charge in [0.1, 0.15) is 37.2 Å². The molecule has 4 N–H and O–H groups in total. The molecule has 10 atom stereocenters. The normalized spacial score (nSPS) is 25.2. The van der Waals surface area contributed by atoms with E-state index in [2.05, 4.69) is 45.5 Å². The van der Waals surface area contributed by atoms with Crippen molar-refractivity contribution in [2.75, 3.05) is 18.6 Å². The molecule has 2 aliphatic carbocycles. The lowest BCUT2D eigenvalue weighted by atomic mass is 9.87. The highest BCUT2D eigenvalue weighted by molar-refractivity contribution is 8.00. The third kappa shape index (κ3) is 17.3. The van der Waals surface area contributed by atoms with Crippen molar-refractivity contribution < 1.29 is 57.6 Å². The Balaban J connectivity index is 0.000000296. The van der Waals surface area contributed by atoms with E-state index in [1.165, 1.54) is 28.6 Å². The molecule has 8 rings (SSSR count). The van der Waals surface area contributed by atoms with E-state index in [0.29, 0.717) is 31.4 Å². The predicted molar refractivity (Wildman–Crippen MR) is 299 cm³/mol. The monoisotopic (exact) mass is 1130 g/mol. The van der Waals surface area contributed by atoms with E-state index >= 15 is 0 Å². The number of carbonyl (C=O) groups is 8. The van der Waals surface area contributed by atoms with Crippen molar-refractivity contribution in [2.24, 2.45) is 5.92 Å². The minimum Gasteiger partial charge on any atom is -0.444 e. The number of hydrogen-bond acceptors (Lipinski definition) is 11. The van der Waals surface area contributed by atoms with Crippen molar-refractivity contribution in [2.45, 2.75) is 211 Å². The van der Waals surface area contributed by atoms with Gasteiger partial charge in [-0.3, -0.25) is 38.5 Å². The molecule has 0 bridgehead atoms. The van der Waals surface area contributed by atoms with Gasteiger partial charge in [0.05, 0.1) is 22.8 Å². The summed E-state index contributed by atoms with van der Waals surface area (Å²) in [6, 6.07) is 13.3. The number of halogens is 3. The van der Waals surface area contributed by atoms with Gasteiger partial charge in [0.15, 0.2) is 0 Å². The molecular weight excluding hydrogens is 1050 g/mol. The van der Waals surface area contributed by atoms with Crippen LogP contribution in [-0.2, 0) is 51.1 Å². The largest absolute Gasteiger partial charge is 0.446 e. The van der Waals surface area contributed by atoms with Gasteiger partial charge in [-0.2, -0.15) is 13.2 Å². The fourth-order valence-electron chi connectivity index (χ4n) is 10.3. The molecule has 6 aliphatic rings. The Morgan fingerprint density at radius 1 is 0.705 bits per heavy atom. The van der Waals surface area contributed by atoms with Crippen molar-refractivity contribution in [3.8, 4) is 0 Å². The van der Waals surface area contributed by atoms with E-state index in [-0.39, 0.29) is 65.7 Å². The Labute approximate surface area is 469 Å². The van der Waals surface area contributed by atoms with Gasteiger partial charge in [-0.25, -0.2) is 4.79 Å². The topological polar surface area (TPSA) is 204 Å². The summed E-state index contributed by atoms with van der Waals surface area (Å²) in [5.41, 5.74) is 4.25. The minimum atomic E-state index is -4.97. The smallest absolute Gasteiger partial charge is 0.444 e. The van der Waals surface area contributed by atoms with Crippen molar-refractivity contribution in [1.82, 2.24) is 36.0 Å². The Hall–Kier alpha value is -5.31. The molecule has 0 spiro atoms.